The third kappa shape index (κ3) is 3.74. The van der Waals surface area contributed by atoms with Crippen LogP contribution in [0.1, 0.15) is 12.8 Å². The van der Waals surface area contributed by atoms with Crippen molar-refractivity contribution < 1.29 is 18.7 Å². The molecule has 0 saturated carbocycles. The van der Waals surface area contributed by atoms with Gasteiger partial charge in [0.2, 0.25) is 17.7 Å². The topological polar surface area (TPSA) is 75.6 Å². The molecule has 0 radical (unpaired) electrons. The fraction of sp³-hybridized carbons (Fsp3) is 0.368. The lowest BCUT2D eigenvalue weighted by molar-refractivity contribution is -0.135. The lowest BCUT2D eigenvalue weighted by Gasteiger charge is -2.21. The monoisotopic (exact) mass is 370 g/mol. The Bertz CT molecular complexity index is 831. The second-order valence-corrected chi connectivity index (χ2v) is 6.76. The number of aromatic nitrogens is 2. The van der Waals surface area contributed by atoms with Gasteiger partial charge >= 0.3 is 0 Å². The van der Waals surface area contributed by atoms with E-state index in [1.165, 1.54) is 12.1 Å². The number of hydrogen-bond donors (Lipinski definition) is 0. The first-order valence-corrected chi connectivity index (χ1v) is 8.89. The molecule has 8 heteroatoms. The zero-order chi connectivity index (χ0) is 18.8. The standard InChI is InChI=1S/C19H19FN4O3/c20-14-3-5-15(6-4-14)24-11-13(10-18(24)25)19(26)23-9-7-16(12-23)27-17-2-1-8-21-22-17/h1-6,8,13,16H,7,9-12H2. The van der Waals surface area contributed by atoms with E-state index in [-0.39, 0.29) is 30.2 Å². The molecule has 0 aliphatic carbocycles. The van der Waals surface area contributed by atoms with Crippen molar-refractivity contribution in [1.82, 2.24) is 15.1 Å². The van der Waals surface area contributed by atoms with E-state index in [0.29, 0.717) is 37.6 Å². The van der Waals surface area contributed by atoms with E-state index in [1.807, 2.05) is 0 Å². The summed E-state index contributed by atoms with van der Waals surface area (Å²) in [5.41, 5.74) is 0.613. The SMILES string of the molecule is O=C(C1CC(=O)N(c2ccc(F)cc2)C1)N1CCC(Oc2cccnn2)C1. The maximum atomic E-state index is 13.1. The van der Waals surface area contributed by atoms with Crippen LogP contribution in [0.25, 0.3) is 0 Å². The maximum Gasteiger partial charge on any atom is 0.233 e. The van der Waals surface area contributed by atoms with Gasteiger partial charge in [0.1, 0.15) is 11.9 Å². The minimum absolute atomic E-state index is 0.0433. The predicted molar refractivity (Wildman–Crippen MR) is 94.5 cm³/mol. The van der Waals surface area contributed by atoms with Crippen molar-refractivity contribution in [1.29, 1.82) is 0 Å². The Labute approximate surface area is 155 Å². The fourth-order valence-corrected chi connectivity index (χ4v) is 3.55. The number of hydrogen-bond acceptors (Lipinski definition) is 5. The minimum Gasteiger partial charge on any atom is -0.471 e. The number of nitrogens with zero attached hydrogens (tertiary/aromatic N) is 4. The Morgan fingerprint density at radius 3 is 2.74 bits per heavy atom. The van der Waals surface area contributed by atoms with Crippen molar-refractivity contribution in [2.24, 2.45) is 5.92 Å². The summed E-state index contributed by atoms with van der Waals surface area (Å²) in [6, 6.07) is 9.21. The number of anilines is 1. The summed E-state index contributed by atoms with van der Waals surface area (Å²) in [5, 5.41) is 7.67. The molecule has 7 nitrogen and oxygen atoms in total. The molecular formula is C19H19FN4O3. The third-order valence-corrected chi connectivity index (χ3v) is 4.90. The van der Waals surface area contributed by atoms with Gasteiger partial charge < -0.3 is 14.5 Å². The molecule has 1 aromatic carbocycles. The number of ether oxygens (including phenoxy) is 1. The summed E-state index contributed by atoms with van der Waals surface area (Å²) in [4.78, 5) is 28.4. The van der Waals surface area contributed by atoms with Gasteiger partial charge in [0.25, 0.3) is 0 Å². The molecule has 0 bridgehead atoms. The van der Waals surface area contributed by atoms with Crippen molar-refractivity contribution in [3.05, 3.63) is 48.4 Å². The van der Waals surface area contributed by atoms with Gasteiger partial charge in [-0.2, -0.15) is 5.10 Å². The largest absolute Gasteiger partial charge is 0.471 e. The number of amides is 2. The Morgan fingerprint density at radius 1 is 1.19 bits per heavy atom. The lowest BCUT2D eigenvalue weighted by atomic mass is 10.1. The van der Waals surface area contributed by atoms with Crippen LogP contribution in [0.3, 0.4) is 0 Å². The summed E-state index contributed by atoms with van der Waals surface area (Å²) < 4.78 is 18.8. The molecule has 0 spiro atoms. The Morgan fingerprint density at radius 2 is 2.00 bits per heavy atom. The van der Waals surface area contributed by atoms with Gasteiger partial charge in [-0.05, 0) is 30.3 Å². The molecule has 27 heavy (non-hydrogen) atoms. The zero-order valence-electron chi connectivity index (χ0n) is 14.6. The van der Waals surface area contributed by atoms with Crippen LogP contribution in [-0.4, -0.2) is 52.6 Å². The molecule has 140 valence electrons. The Balaban J connectivity index is 1.36. The summed E-state index contributed by atoms with van der Waals surface area (Å²) in [7, 11) is 0. The summed E-state index contributed by atoms with van der Waals surface area (Å²) in [6.07, 6.45) is 2.32. The van der Waals surface area contributed by atoms with Crippen LogP contribution in [0.5, 0.6) is 5.88 Å². The molecule has 2 aliphatic rings. The highest BCUT2D eigenvalue weighted by Crippen LogP contribution is 2.28. The van der Waals surface area contributed by atoms with E-state index in [4.69, 9.17) is 4.74 Å². The Kier molecular flexibility index (Phi) is 4.70. The van der Waals surface area contributed by atoms with E-state index in [0.717, 1.165) is 0 Å². The fourth-order valence-electron chi connectivity index (χ4n) is 3.55. The number of carbonyl (C=O) groups excluding carboxylic acids is 2. The average Bonchev–Trinajstić information content (AvgIpc) is 3.30. The summed E-state index contributed by atoms with van der Waals surface area (Å²) in [5.74, 6) is -0.470. The number of rotatable bonds is 4. The van der Waals surface area contributed by atoms with E-state index in [9.17, 15) is 14.0 Å². The highest BCUT2D eigenvalue weighted by atomic mass is 19.1. The molecule has 2 aromatic rings. The molecule has 2 fully saturated rings. The molecule has 1 aromatic heterocycles. The minimum atomic E-state index is -0.391. The molecule has 4 rings (SSSR count). The van der Waals surface area contributed by atoms with Crippen molar-refractivity contribution in [2.75, 3.05) is 24.5 Å². The van der Waals surface area contributed by atoms with Gasteiger partial charge in [-0.25, -0.2) is 4.39 Å². The predicted octanol–water partition coefficient (Wildman–Crippen LogP) is 1.65. The van der Waals surface area contributed by atoms with Crippen molar-refractivity contribution in [3.8, 4) is 5.88 Å². The molecule has 0 N–H and O–H groups in total. The smallest absolute Gasteiger partial charge is 0.233 e. The molecule has 2 unspecified atom stereocenters. The molecule has 2 aliphatic heterocycles. The quantitative estimate of drug-likeness (QED) is 0.818. The van der Waals surface area contributed by atoms with Crippen LogP contribution >= 0.6 is 0 Å². The van der Waals surface area contributed by atoms with Gasteiger partial charge in [0.05, 0.1) is 12.5 Å². The van der Waals surface area contributed by atoms with Crippen LogP contribution in [0, 0.1) is 11.7 Å². The van der Waals surface area contributed by atoms with Crippen LogP contribution in [0.2, 0.25) is 0 Å². The van der Waals surface area contributed by atoms with Crippen molar-refractivity contribution in [3.63, 3.8) is 0 Å². The molecular weight excluding hydrogens is 351 g/mol. The number of halogens is 1. The van der Waals surface area contributed by atoms with Crippen LogP contribution in [0.15, 0.2) is 42.6 Å². The van der Waals surface area contributed by atoms with Crippen LogP contribution in [-0.2, 0) is 9.59 Å². The molecule has 2 atom stereocenters. The van der Waals surface area contributed by atoms with Crippen LogP contribution < -0.4 is 9.64 Å². The average molecular weight is 370 g/mol. The lowest BCUT2D eigenvalue weighted by Crippen LogP contribution is -2.37. The Hall–Kier alpha value is -3.03. The van der Waals surface area contributed by atoms with E-state index in [2.05, 4.69) is 10.2 Å². The van der Waals surface area contributed by atoms with Crippen molar-refractivity contribution >= 4 is 17.5 Å². The molecule has 2 amide bonds. The highest BCUT2D eigenvalue weighted by Gasteiger charge is 2.39. The number of benzene rings is 1. The number of carbonyl (C=O) groups is 2. The van der Waals surface area contributed by atoms with E-state index < -0.39 is 5.92 Å². The summed E-state index contributed by atoms with van der Waals surface area (Å²) in [6.45, 7) is 1.37. The first kappa shape index (κ1) is 17.4. The highest BCUT2D eigenvalue weighted by molar-refractivity contribution is 6.00. The zero-order valence-corrected chi connectivity index (χ0v) is 14.6. The van der Waals surface area contributed by atoms with Crippen LogP contribution in [0.4, 0.5) is 10.1 Å². The second-order valence-electron chi connectivity index (χ2n) is 6.76. The summed E-state index contributed by atoms with van der Waals surface area (Å²) >= 11 is 0. The van der Waals surface area contributed by atoms with Gasteiger partial charge in [-0.15, -0.1) is 5.10 Å². The van der Waals surface area contributed by atoms with Gasteiger partial charge in [-0.3, -0.25) is 9.59 Å². The first-order valence-electron chi connectivity index (χ1n) is 8.89. The van der Waals surface area contributed by atoms with Crippen molar-refractivity contribution in [2.45, 2.75) is 18.9 Å². The third-order valence-electron chi connectivity index (χ3n) is 4.90. The molecule has 3 heterocycles. The normalized spacial score (nSPS) is 22.3. The maximum absolute atomic E-state index is 13.1. The second kappa shape index (κ2) is 7.30. The van der Waals surface area contributed by atoms with Gasteiger partial charge in [0.15, 0.2) is 0 Å². The van der Waals surface area contributed by atoms with Gasteiger partial charge in [0, 0.05) is 43.9 Å². The van der Waals surface area contributed by atoms with E-state index in [1.54, 1.807) is 40.3 Å². The van der Waals surface area contributed by atoms with E-state index >= 15 is 0 Å². The molecule has 2 saturated heterocycles. The van der Waals surface area contributed by atoms with Gasteiger partial charge in [-0.1, -0.05) is 0 Å². The number of likely N-dealkylation sites (tertiary alicyclic amines) is 1. The first-order chi connectivity index (χ1) is 13.1.